The minimum atomic E-state index is -0.159. The van der Waals surface area contributed by atoms with Crippen molar-refractivity contribution in [3.8, 4) is 0 Å². The fourth-order valence-electron chi connectivity index (χ4n) is 3.93. The molecule has 7 nitrogen and oxygen atoms in total. The molecule has 1 N–H and O–H groups in total. The van der Waals surface area contributed by atoms with Gasteiger partial charge in [0.25, 0.3) is 0 Å². The van der Waals surface area contributed by atoms with Gasteiger partial charge in [0.15, 0.2) is 0 Å². The average molecular weight is 369 g/mol. The van der Waals surface area contributed by atoms with E-state index < -0.39 is 0 Å². The third kappa shape index (κ3) is 4.07. The third-order valence-electron chi connectivity index (χ3n) is 5.53. The summed E-state index contributed by atoms with van der Waals surface area (Å²) in [5, 5.41) is 11.6. The molecule has 0 aliphatic heterocycles. The number of hydrogen-bond acceptors (Lipinski definition) is 4. The van der Waals surface area contributed by atoms with Crippen LogP contribution in [0.15, 0.2) is 28.9 Å². The molecule has 2 aliphatic rings. The first-order valence-corrected chi connectivity index (χ1v) is 9.86. The first kappa shape index (κ1) is 17.8. The van der Waals surface area contributed by atoms with Crippen LogP contribution >= 0.6 is 0 Å². The van der Waals surface area contributed by atoms with E-state index in [1.54, 1.807) is 18.1 Å². The highest BCUT2D eigenvalue weighted by atomic mass is 16.5. The lowest BCUT2D eigenvalue weighted by Gasteiger charge is -2.21. The van der Waals surface area contributed by atoms with E-state index in [-0.39, 0.29) is 6.03 Å². The Hall–Kier alpha value is -2.57. The molecule has 0 bridgehead atoms. The Morgan fingerprint density at radius 2 is 2.26 bits per heavy atom. The van der Waals surface area contributed by atoms with E-state index in [0.717, 1.165) is 62.3 Å². The first-order valence-electron chi connectivity index (χ1n) is 9.86. The molecule has 0 saturated heterocycles. The smallest absolute Gasteiger partial charge is 0.323 e. The number of allylic oxidation sites excluding steroid dienone is 2. The van der Waals surface area contributed by atoms with Crippen LogP contribution in [0.25, 0.3) is 0 Å². The molecule has 2 aromatic rings. The standard InChI is InChI=1S/C20H27N5O2/c1-24(14-17-16-9-5-6-10-18(16)27-23-17)20(26)22-19-11-12-21-25(19)13-15-7-3-2-4-8-15/h2-3,11-12,15H,4-10,13-14H2,1H3,(H,22,26)/t15-/m0/s1. The summed E-state index contributed by atoms with van der Waals surface area (Å²) in [5.41, 5.74) is 2.07. The molecule has 144 valence electrons. The largest absolute Gasteiger partial charge is 0.361 e. The zero-order valence-corrected chi connectivity index (χ0v) is 15.9. The molecule has 27 heavy (non-hydrogen) atoms. The Kier molecular flexibility index (Phi) is 5.27. The fourth-order valence-corrected chi connectivity index (χ4v) is 3.93. The molecule has 0 fully saturated rings. The molecular weight excluding hydrogens is 342 g/mol. The summed E-state index contributed by atoms with van der Waals surface area (Å²) in [6.45, 7) is 1.28. The van der Waals surface area contributed by atoms with Crippen molar-refractivity contribution in [1.82, 2.24) is 19.8 Å². The Morgan fingerprint density at radius 3 is 3.11 bits per heavy atom. The number of nitrogens with one attached hydrogen (secondary N) is 1. The molecule has 0 radical (unpaired) electrons. The number of nitrogens with zero attached hydrogens (tertiary/aromatic N) is 4. The van der Waals surface area contributed by atoms with Crippen LogP contribution in [-0.2, 0) is 25.9 Å². The van der Waals surface area contributed by atoms with Crippen LogP contribution in [0.4, 0.5) is 10.6 Å². The molecule has 4 rings (SSSR count). The van der Waals surface area contributed by atoms with Gasteiger partial charge in [0.05, 0.1) is 12.7 Å². The first-order chi connectivity index (χ1) is 13.2. The number of urea groups is 1. The second-order valence-corrected chi connectivity index (χ2v) is 7.57. The van der Waals surface area contributed by atoms with Gasteiger partial charge in [-0.2, -0.15) is 5.10 Å². The number of rotatable bonds is 5. The predicted octanol–water partition coefficient (Wildman–Crippen LogP) is 3.77. The van der Waals surface area contributed by atoms with E-state index in [1.807, 2.05) is 10.7 Å². The summed E-state index contributed by atoms with van der Waals surface area (Å²) in [4.78, 5) is 14.3. The van der Waals surface area contributed by atoms with Gasteiger partial charge in [-0.25, -0.2) is 9.48 Å². The van der Waals surface area contributed by atoms with Crippen LogP contribution in [0, 0.1) is 5.92 Å². The van der Waals surface area contributed by atoms with Crippen molar-refractivity contribution in [3.05, 3.63) is 41.4 Å². The van der Waals surface area contributed by atoms with Gasteiger partial charge in [-0.1, -0.05) is 17.3 Å². The lowest BCUT2D eigenvalue weighted by molar-refractivity contribution is 0.219. The number of aromatic nitrogens is 3. The lowest BCUT2D eigenvalue weighted by atomic mass is 9.94. The van der Waals surface area contributed by atoms with Crippen molar-refractivity contribution in [1.29, 1.82) is 0 Å². The molecule has 0 unspecified atom stereocenters. The van der Waals surface area contributed by atoms with E-state index in [9.17, 15) is 4.79 Å². The average Bonchev–Trinajstić information content (AvgIpc) is 3.30. The maximum Gasteiger partial charge on any atom is 0.323 e. The summed E-state index contributed by atoms with van der Waals surface area (Å²) in [6, 6.07) is 1.69. The number of fused-ring (bicyclic) bond motifs is 1. The van der Waals surface area contributed by atoms with Crippen LogP contribution in [-0.4, -0.2) is 32.9 Å². The van der Waals surface area contributed by atoms with Crippen LogP contribution in [0.3, 0.4) is 0 Å². The topological polar surface area (TPSA) is 76.2 Å². The quantitative estimate of drug-likeness (QED) is 0.814. The summed E-state index contributed by atoms with van der Waals surface area (Å²) >= 11 is 0. The lowest BCUT2D eigenvalue weighted by Crippen LogP contribution is -2.32. The molecule has 0 spiro atoms. The van der Waals surface area contributed by atoms with Crippen LogP contribution in [0.5, 0.6) is 0 Å². The summed E-state index contributed by atoms with van der Waals surface area (Å²) in [6.07, 6.45) is 13.8. The third-order valence-corrected chi connectivity index (χ3v) is 5.53. The molecule has 1 atom stereocenters. The monoisotopic (exact) mass is 369 g/mol. The zero-order valence-electron chi connectivity index (χ0n) is 15.9. The van der Waals surface area contributed by atoms with E-state index >= 15 is 0 Å². The maximum absolute atomic E-state index is 12.7. The van der Waals surface area contributed by atoms with E-state index in [4.69, 9.17) is 4.52 Å². The minimum Gasteiger partial charge on any atom is -0.361 e. The fraction of sp³-hybridized carbons (Fsp3) is 0.550. The Bertz CT molecular complexity index is 822. The molecule has 0 aromatic carbocycles. The molecule has 7 heteroatoms. The number of carbonyl (C=O) groups excluding carboxylic acids is 1. The van der Waals surface area contributed by atoms with Gasteiger partial charge in [-0.15, -0.1) is 0 Å². The summed E-state index contributed by atoms with van der Waals surface area (Å²) in [7, 11) is 1.78. The van der Waals surface area contributed by atoms with E-state index in [0.29, 0.717) is 12.5 Å². The van der Waals surface area contributed by atoms with Crippen LogP contribution in [0.1, 0.15) is 49.1 Å². The van der Waals surface area contributed by atoms with Crippen molar-refractivity contribution in [2.24, 2.45) is 5.92 Å². The number of amides is 2. The highest BCUT2D eigenvalue weighted by molar-refractivity contribution is 5.88. The Labute approximate surface area is 159 Å². The second-order valence-electron chi connectivity index (χ2n) is 7.57. The molecule has 2 aliphatic carbocycles. The number of carbonyl (C=O) groups is 1. The maximum atomic E-state index is 12.7. The van der Waals surface area contributed by atoms with Crippen molar-refractivity contribution in [2.45, 2.75) is 58.0 Å². The molecular formula is C20H27N5O2. The second kappa shape index (κ2) is 7.98. The van der Waals surface area contributed by atoms with Gasteiger partial charge >= 0.3 is 6.03 Å². The van der Waals surface area contributed by atoms with Gasteiger partial charge in [0.1, 0.15) is 17.3 Å². The normalized spacial score (nSPS) is 18.9. The van der Waals surface area contributed by atoms with Crippen LogP contribution in [0.2, 0.25) is 0 Å². The van der Waals surface area contributed by atoms with Crippen molar-refractivity contribution in [3.63, 3.8) is 0 Å². The predicted molar refractivity (Wildman–Crippen MR) is 102 cm³/mol. The number of hydrogen-bond donors (Lipinski definition) is 1. The number of aryl methyl sites for hydroxylation is 1. The van der Waals surface area contributed by atoms with Crippen molar-refractivity contribution >= 4 is 11.8 Å². The van der Waals surface area contributed by atoms with Crippen molar-refractivity contribution in [2.75, 3.05) is 12.4 Å². The minimum absolute atomic E-state index is 0.159. The van der Waals surface area contributed by atoms with E-state index in [1.165, 1.54) is 12.0 Å². The highest BCUT2D eigenvalue weighted by Crippen LogP contribution is 2.25. The van der Waals surface area contributed by atoms with Gasteiger partial charge in [0, 0.05) is 31.6 Å². The molecule has 2 amide bonds. The molecule has 2 heterocycles. The molecule has 0 saturated carbocycles. The van der Waals surface area contributed by atoms with Gasteiger partial charge in [-0.3, -0.25) is 5.32 Å². The zero-order chi connectivity index (χ0) is 18.6. The SMILES string of the molecule is CN(Cc1noc2c1CCCC2)C(=O)Nc1ccnn1C[C@H]1CC=CCC1. The summed E-state index contributed by atoms with van der Waals surface area (Å²) < 4.78 is 7.35. The van der Waals surface area contributed by atoms with Gasteiger partial charge < -0.3 is 9.42 Å². The number of anilines is 1. The Balaban J connectivity index is 1.37. The summed E-state index contributed by atoms with van der Waals surface area (Å²) in [5.74, 6) is 2.30. The molecule has 2 aromatic heterocycles. The Morgan fingerprint density at radius 1 is 1.37 bits per heavy atom. The van der Waals surface area contributed by atoms with Gasteiger partial charge in [0.2, 0.25) is 0 Å². The highest BCUT2D eigenvalue weighted by Gasteiger charge is 2.22. The van der Waals surface area contributed by atoms with E-state index in [2.05, 4.69) is 27.7 Å². The van der Waals surface area contributed by atoms with Crippen molar-refractivity contribution < 1.29 is 9.32 Å². The van der Waals surface area contributed by atoms with Crippen LogP contribution < -0.4 is 5.32 Å². The van der Waals surface area contributed by atoms with Gasteiger partial charge in [-0.05, 0) is 44.4 Å².